The first-order chi connectivity index (χ1) is 13.7. The maximum atomic E-state index is 13.4. The maximum absolute atomic E-state index is 13.4. The number of halogens is 1. The Bertz CT molecular complexity index is 975. The quantitative estimate of drug-likeness (QED) is 0.350. The minimum atomic E-state index is -4.07. The lowest BCUT2D eigenvalue weighted by Gasteiger charge is -2.41. The summed E-state index contributed by atoms with van der Waals surface area (Å²) in [6, 6.07) is 14.1. The van der Waals surface area contributed by atoms with E-state index in [-0.39, 0.29) is 21.8 Å². The van der Waals surface area contributed by atoms with E-state index in [9.17, 15) is 18.3 Å². The third-order valence-electron chi connectivity index (χ3n) is 5.48. The summed E-state index contributed by atoms with van der Waals surface area (Å²) < 4.78 is 29.7. The van der Waals surface area contributed by atoms with Gasteiger partial charge in [-0.05, 0) is 43.2 Å². The van der Waals surface area contributed by atoms with Gasteiger partial charge in [0.2, 0.25) is 0 Å². The Hall–Kier alpha value is -1.65. The molecule has 0 aromatic heterocycles. The molecule has 1 N–H and O–H groups in total. The monoisotopic (exact) mass is 529 g/mol. The highest BCUT2D eigenvalue weighted by molar-refractivity contribution is 14.1. The molecule has 8 heteroatoms. The zero-order valence-electron chi connectivity index (χ0n) is 16.3. The van der Waals surface area contributed by atoms with Gasteiger partial charge in [0.15, 0.2) is 14.6 Å². The van der Waals surface area contributed by atoms with Crippen molar-refractivity contribution in [2.45, 2.75) is 40.0 Å². The van der Waals surface area contributed by atoms with Gasteiger partial charge in [-0.3, -0.25) is 9.69 Å². The normalized spacial score (nSPS) is 22.9. The number of carboxylic acids is 1. The van der Waals surface area contributed by atoms with E-state index in [1.54, 1.807) is 0 Å². The van der Waals surface area contributed by atoms with Gasteiger partial charge in [-0.25, -0.2) is 8.42 Å². The Morgan fingerprint density at radius 2 is 1.83 bits per heavy atom. The summed E-state index contributed by atoms with van der Waals surface area (Å²) in [5, 5.41) is 9.99. The van der Waals surface area contributed by atoms with Crippen molar-refractivity contribution >= 4 is 38.4 Å². The van der Waals surface area contributed by atoms with E-state index in [1.165, 1.54) is 36.9 Å². The fourth-order valence-corrected chi connectivity index (χ4v) is 7.05. The number of nitrogens with zero attached hydrogens (tertiary/aromatic N) is 1. The van der Waals surface area contributed by atoms with E-state index < -0.39 is 20.6 Å². The van der Waals surface area contributed by atoms with Gasteiger partial charge in [-0.1, -0.05) is 52.4 Å². The smallest absolute Gasteiger partial charge is 0.325 e. The average molecular weight is 529 g/mol. The number of carbonyl (C=O) groups is 1. The molecule has 1 saturated heterocycles. The van der Waals surface area contributed by atoms with Crippen molar-refractivity contribution in [1.82, 2.24) is 4.90 Å². The van der Waals surface area contributed by atoms with Crippen molar-refractivity contribution in [1.29, 1.82) is 0 Å². The van der Waals surface area contributed by atoms with Gasteiger partial charge < -0.3 is 9.84 Å². The minimum Gasteiger partial charge on any atom is -0.497 e. The summed E-state index contributed by atoms with van der Waals surface area (Å²) in [6.07, 6.45) is 0.0746. The van der Waals surface area contributed by atoms with Crippen LogP contribution in [0.15, 0.2) is 53.4 Å². The van der Waals surface area contributed by atoms with Crippen LogP contribution in [0.3, 0.4) is 0 Å². The summed E-state index contributed by atoms with van der Waals surface area (Å²) in [7, 11) is -2.58. The number of rotatable bonds is 6. The highest BCUT2D eigenvalue weighted by atomic mass is 127. The van der Waals surface area contributed by atoms with Gasteiger partial charge in [0.05, 0.1) is 16.1 Å². The molecule has 1 aliphatic rings. The summed E-state index contributed by atoms with van der Waals surface area (Å²) >= 11 is 2.16. The second kappa shape index (κ2) is 8.61. The standard InChI is InChI=1S/C21H24INO5S/c1-15-3-5-16(6-4-15)14-23-12-11-21(20(24)25,13-19(23)22)29(26,27)18-9-7-17(28-2)8-10-18/h3-10,19H,11-14H2,1-2H3,(H,24,25). The Labute approximate surface area is 184 Å². The summed E-state index contributed by atoms with van der Waals surface area (Å²) in [5.74, 6) is -0.766. The number of aliphatic carboxylic acids is 1. The number of methoxy groups -OCH3 is 1. The van der Waals surface area contributed by atoms with Crippen molar-refractivity contribution in [3.8, 4) is 5.75 Å². The third kappa shape index (κ3) is 4.29. The topological polar surface area (TPSA) is 83.9 Å². The average Bonchev–Trinajstić information content (AvgIpc) is 2.70. The lowest BCUT2D eigenvalue weighted by atomic mass is 9.95. The molecule has 0 bridgehead atoms. The third-order valence-corrected chi connectivity index (χ3v) is 9.17. The van der Waals surface area contributed by atoms with Crippen LogP contribution in [0.5, 0.6) is 5.75 Å². The molecular weight excluding hydrogens is 505 g/mol. The molecule has 29 heavy (non-hydrogen) atoms. The van der Waals surface area contributed by atoms with Crippen molar-refractivity contribution in [3.63, 3.8) is 0 Å². The highest BCUT2D eigenvalue weighted by Gasteiger charge is 2.55. The number of piperidine rings is 1. The van der Waals surface area contributed by atoms with E-state index in [4.69, 9.17) is 4.74 Å². The van der Waals surface area contributed by atoms with Crippen molar-refractivity contribution in [2.75, 3.05) is 13.7 Å². The molecular formula is C21H24INO5S. The van der Waals surface area contributed by atoms with Crippen LogP contribution in [0.1, 0.15) is 24.0 Å². The number of sulfone groups is 1. The Morgan fingerprint density at radius 1 is 1.21 bits per heavy atom. The van der Waals surface area contributed by atoms with Gasteiger partial charge in [0.25, 0.3) is 0 Å². The SMILES string of the molecule is COc1ccc(S(=O)(=O)C2(C(=O)O)CCN(Cc3ccc(C)cc3)C(I)C2)cc1. The maximum Gasteiger partial charge on any atom is 0.325 e. The van der Waals surface area contributed by atoms with Crippen LogP contribution < -0.4 is 4.74 Å². The first-order valence-electron chi connectivity index (χ1n) is 9.25. The predicted octanol–water partition coefficient (Wildman–Crippen LogP) is 3.66. The van der Waals surface area contributed by atoms with E-state index in [0.717, 1.165) is 5.56 Å². The van der Waals surface area contributed by atoms with Gasteiger partial charge in [0, 0.05) is 19.5 Å². The number of alkyl halides is 1. The van der Waals surface area contributed by atoms with Gasteiger partial charge in [-0.15, -0.1) is 0 Å². The second-order valence-electron chi connectivity index (χ2n) is 7.32. The van der Waals surface area contributed by atoms with E-state index in [0.29, 0.717) is 18.8 Å². The molecule has 0 aliphatic carbocycles. The zero-order valence-corrected chi connectivity index (χ0v) is 19.3. The fraction of sp³-hybridized carbons (Fsp3) is 0.381. The largest absolute Gasteiger partial charge is 0.497 e. The molecule has 2 aromatic carbocycles. The molecule has 156 valence electrons. The number of likely N-dealkylation sites (tertiary alicyclic amines) is 1. The number of benzene rings is 2. The van der Waals surface area contributed by atoms with Crippen LogP contribution >= 0.6 is 22.6 Å². The molecule has 1 aliphatic heterocycles. The number of hydrogen-bond donors (Lipinski definition) is 1. The molecule has 1 fully saturated rings. The summed E-state index contributed by atoms with van der Waals surface area (Å²) in [5.41, 5.74) is 2.30. The molecule has 0 amide bonds. The summed E-state index contributed by atoms with van der Waals surface area (Å²) in [6.45, 7) is 3.08. The van der Waals surface area contributed by atoms with E-state index in [2.05, 4.69) is 27.5 Å². The molecule has 2 aromatic rings. The van der Waals surface area contributed by atoms with Crippen molar-refractivity contribution < 1.29 is 23.1 Å². The first kappa shape index (κ1) is 22.0. The highest BCUT2D eigenvalue weighted by Crippen LogP contribution is 2.41. The zero-order chi connectivity index (χ0) is 21.2. The molecule has 2 atom stereocenters. The molecule has 3 rings (SSSR count). The lowest BCUT2D eigenvalue weighted by Crippen LogP contribution is -2.56. The molecule has 1 heterocycles. The number of ether oxygens (including phenoxy) is 1. The van der Waals surface area contributed by atoms with Crippen LogP contribution in [0.2, 0.25) is 0 Å². The number of aryl methyl sites for hydroxylation is 1. The van der Waals surface area contributed by atoms with E-state index in [1.807, 2.05) is 31.2 Å². The Balaban J connectivity index is 1.86. The van der Waals surface area contributed by atoms with Gasteiger partial charge in [-0.2, -0.15) is 0 Å². The number of carboxylic acid groups (broad SMARTS) is 1. The van der Waals surface area contributed by atoms with E-state index >= 15 is 0 Å². The Morgan fingerprint density at radius 3 is 2.34 bits per heavy atom. The predicted molar refractivity (Wildman–Crippen MR) is 119 cm³/mol. The van der Waals surface area contributed by atoms with Crippen LogP contribution in [0, 0.1) is 6.92 Å². The van der Waals surface area contributed by atoms with Crippen LogP contribution in [-0.2, 0) is 21.2 Å². The van der Waals surface area contributed by atoms with Crippen LogP contribution in [0.25, 0.3) is 0 Å². The fourth-order valence-electron chi connectivity index (χ4n) is 3.61. The van der Waals surface area contributed by atoms with Gasteiger partial charge in [0.1, 0.15) is 5.75 Å². The molecule has 2 unspecified atom stereocenters. The molecule has 0 spiro atoms. The molecule has 6 nitrogen and oxygen atoms in total. The second-order valence-corrected chi connectivity index (χ2v) is 11.0. The van der Waals surface area contributed by atoms with Crippen LogP contribution in [-0.4, -0.2) is 46.8 Å². The first-order valence-corrected chi connectivity index (χ1v) is 12.0. The summed E-state index contributed by atoms with van der Waals surface area (Å²) in [4.78, 5) is 14.4. The Kier molecular flexibility index (Phi) is 6.54. The van der Waals surface area contributed by atoms with Gasteiger partial charge >= 0.3 is 5.97 Å². The van der Waals surface area contributed by atoms with Crippen molar-refractivity contribution in [2.24, 2.45) is 0 Å². The molecule has 0 saturated carbocycles. The number of hydrogen-bond acceptors (Lipinski definition) is 5. The lowest BCUT2D eigenvalue weighted by molar-refractivity contribution is -0.141. The molecule has 0 radical (unpaired) electrons. The van der Waals surface area contributed by atoms with Crippen molar-refractivity contribution in [3.05, 3.63) is 59.7 Å². The minimum absolute atomic E-state index is 0.0104. The van der Waals surface area contributed by atoms with Crippen LogP contribution in [0.4, 0.5) is 0 Å².